The second-order valence-electron chi connectivity index (χ2n) is 3.02. The summed E-state index contributed by atoms with van der Waals surface area (Å²) in [6.07, 6.45) is 7.93. The van der Waals surface area contributed by atoms with Gasteiger partial charge in [0.2, 0.25) is 0 Å². The van der Waals surface area contributed by atoms with Gasteiger partial charge in [-0.25, -0.2) is 0 Å². The Labute approximate surface area is 72.4 Å². The minimum Gasteiger partial charge on any atom is -0.480 e. The number of aliphatic carboxylic acids is 1. The fourth-order valence-corrected chi connectivity index (χ4v) is 1.58. The van der Waals surface area contributed by atoms with Crippen LogP contribution < -0.4 is 0 Å². The molecule has 1 aliphatic heterocycles. The van der Waals surface area contributed by atoms with E-state index in [4.69, 9.17) is 11.5 Å². The maximum Gasteiger partial charge on any atom is 0.320 e. The minimum absolute atomic E-state index is 0.352. The maximum absolute atomic E-state index is 10.7. The highest BCUT2D eigenvalue weighted by Crippen LogP contribution is 2.16. The van der Waals surface area contributed by atoms with E-state index in [0.717, 1.165) is 25.8 Å². The lowest BCUT2D eigenvalue weighted by Crippen LogP contribution is -2.44. The number of terminal acetylenes is 1. The van der Waals surface area contributed by atoms with Crippen molar-refractivity contribution in [3.8, 4) is 12.3 Å². The SMILES string of the molecule is C#CCN1CCCC[C@@H]1C(=O)O. The van der Waals surface area contributed by atoms with Crippen molar-refractivity contribution in [1.82, 2.24) is 4.90 Å². The summed E-state index contributed by atoms with van der Waals surface area (Å²) in [4.78, 5) is 12.6. The number of hydrogen-bond donors (Lipinski definition) is 1. The van der Waals surface area contributed by atoms with Crippen LogP contribution in [-0.2, 0) is 4.79 Å². The van der Waals surface area contributed by atoms with Gasteiger partial charge < -0.3 is 5.11 Å². The molecule has 3 heteroatoms. The lowest BCUT2D eigenvalue weighted by Gasteiger charge is -2.30. The summed E-state index contributed by atoms with van der Waals surface area (Å²) in [5.74, 6) is 1.74. The van der Waals surface area contributed by atoms with Gasteiger partial charge in [0, 0.05) is 0 Å². The molecule has 0 aliphatic carbocycles. The van der Waals surface area contributed by atoms with Crippen LogP contribution in [0.25, 0.3) is 0 Å². The summed E-state index contributed by atoms with van der Waals surface area (Å²) in [6.45, 7) is 1.28. The van der Waals surface area contributed by atoms with Gasteiger partial charge >= 0.3 is 5.97 Å². The van der Waals surface area contributed by atoms with Gasteiger partial charge in [0.05, 0.1) is 6.54 Å². The van der Waals surface area contributed by atoms with Crippen molar-refractivity contribution in [2.24, 2.45) is 0 Å². The van der Waals surface area contributed by atoms with E-state index in [0.29, 0.717) is 6.54 Å². The van der Waals surface area contributed by atoms with Gasteiger partial charge in [-0.05, 0) is 19.4 Å². The van der Waals surface area contributed by atoms with E-state index in [2.05, 4.69) is 5.92 Å². The Morgan fingerprint density at radius 1 is 1.67 bits per heavy atom. The Bertz CT molecular complexity index is 207. The Hall–Kier alpha value is -1.01. The lowest BCUT2D eigenvalue weighted by molar-refractivity contribution is -0.144. The van der Waals surface area contributed by atoms with Crippen molar-refractivity contribution < 1.29 is 9.90 Å². The first-order valence-corrected chi connectivity index (χ1v) is 4.16. The van der Waals surface area contributed by atoms with Crippen LogP contribution in [0.15, 0.2) is 0 Å². The molecule has 12 heavy (non-hydrogen) atoms. The highest BCUT2D eigenvalue weighted by atomic mass is 16.4. The van der Waals surface area contributed by atoms with E-state index in [9.17, 15) is 4.79 Å². The number of rotatable bonds is 2. The lowest BCUT2D eigenvalue weighted by atomic mass is 10.0. The van der Waals surface area contributed by atoms with E-state index in [1.165, 1.54) is 0 Å². The molecule has 1 rings (SSSR count). The zero-order chi connectivity index (χ0) is 8.97. The average molecular weight is 167 g/mol. The number of carbonyl (C=O) groups is 1. The fourth-order valence-electron chi connectivity index (χ4n) is 1.58. The van der Waals surface area contributed by atoms with Crippen LogP contribution >= 0.6 is 0 Å². The number of carboxylic acid groups (broad SMARTS) is 1. The van der Waals surface area contributed by atoms with Crippen LogP contribution in [0.2, 0.25) is 0 Å². The Morgan fingerprint density at radius 3 is 3.00 bits per heavy atom. The molecule has 0 aromatic carbocycles. The summed E-state index contributed by atoms with van der Waals surface area (Å²) in [5, 5.41) is 8.83. The van der Waals surface area contributed by atoms with Gasteiger partial charge in [-0.3, -0.25) is 9.69 Å². The van der Waals surface area contributed by atoms with E-state index in [1.54, 1.807) is 0 Å². The van der Waals surface area contributed by atoms with E-state index in [-0.39, 0.29) is 6.04 Å². The molecular formula is C9H13NO2. The molecule has 0 radical (unpaired) electrons. The fraction of sp³-hybridized carbons (Fsp3) is 0.667. The molecular weight excluding hydrogens is 154 g/mol. The first kappa shape index (κ1) is 9.08. The summed E-state index contributed by atoms with van der Waals surface area (Å²) in [7, 11) is 0. The highest BCUT2D eigenvalue weighted by Gasteiger charge is 2.27. The maximum atomic E-state index is 10.7. The number of hydrogen-bond acceptors (Lipinski definition) is 2. The van der Waals surface area contributed by atoms with Gasteiger partial charge in [0.1, 0.15) is 6.04 Å². The van der Waals surface area contributed by atoms with Crippen molar-refractivity contribution in [1.29, 1.82) is 0 Å². The summed E-state index contributed by atoms with van der Waals surface area (Å²) in [6, 6.07) is -0.352. The zero-order valence-corrected chi connectivity index (χ0v) is 6.99. The Morgan fingerprint density at radius 2 is 2.42 bits per heavy atom. The van der Waals surface area contributed by atoms with Crippen LogP contribution in [-0.4, -0.2) is 35.1 Å². The van der Waals surface area contributed by atoms with Crippen LogP contribution in [0, 0.1) is 12.3 Å². The number of piperidine rings is 1. The number of carboxylic acids is 1. The van der Waals surface area contributed by atoms with Crippen LogP contribution in [0.3, 0.4) is 0 Å². The van der Waals surface area contributed by atoms with Gasteiger partial charge in [-0.2, -0.15) is 0 Å². The van der Waals surface area contributed by atoms with Gasteiger partial charge in [-0.15, -0.1) is 6.42 Å². The molecule has 0 unspecified atom stereocenters. The first-order chi connectivity index (χ1) is 5.75. The van der Waals surface area contributed by atoms with Gasteiger partial charge in [-0.1, -0.05) is 12.3 Å². The number of nitrogens with zero attached hydrogens (tertiary/aromatic N) is 1. The van der Waals surface area contributed by atoms with Crippen LogP contribution in [0.4, 0.5) is 0 Å². The van der Waals surface area contributed by atoms with Crippen molar-refractivity contribution in [2.75, 3.05) is 13.1 Å². The Balaban J connectivity index is 2.55. The summed E-state index contributed by atoms with van der Waals surface area (Å²) in [5.41, 5.74) is 0. The van der Waals surface area contributed by atoms with Crippen molar-refractivity contribution >= 4 is 5.97 Å². The van der Waals surface area contributed by atoms with Crippen molar-refractivity contribution in [3.05, 3.63) is 0 Å². The van der Waals surface area contributed by atoms with E-state index >= 15 is 0 Å². The third-order valence-electron chi connectivity index (χ3n) is 2.19. The van der Waals surface area contributed by atoms with E-state index in [1.807, 2.05) is 4.90 Å². The zero-order valence-electron chi connectivity index (χ0n) is 6.99. The van der Waals surface area contributed by atoms with Crippen molar-refractivity contribution in [2.45, 2.75) is 25.3 Å². The van der Waals surface area contributed by atoms with Crippen LogP contribution in [0.1, 0.15) is 19.3 Å². The number of likely N-dealkylation sites (tertiary alicyclic amines) is 1. The highest BCUT2D eigenvalue weighted by molar-refractivity contribution is 5.73. The second kappa shape index (κ2) is 4.13. The molecule has 0 aromatic heterocycles. The first-order valence-electron chi connectivity index (χ1n) is 4.16. The minimum atomic E-state index is -0.745. The van der Waals surface area contributed by atoms with Gasteiger partial charge in [0.15, 0.2) is 0 Å². The molecule has 66 valence electrons. The monoisotopic (exact) mass is 167 g/mol. The van der Waals surface area contributed by atoms with Crippen LogP contribution in [0.5, 0.6) is 0 Å². The third-order valence-corrected chi connectivity index (χ3v) is 2.19. The molecule has 0 amide bonds. The van der Waals surface area contributed by atoms with E-state index < -0.39 is 5.97 Å². The van der Waals surface area contributed by atoms with Gasteiger partial charge in [0.25, 0.3) is 0 Å². The van der Waals surface area contributed by atoms with Crippen molar-refractivity contribution in [3.63, 3.8) is 0 Å². The molecule has 3 nitrogen and oxygen atoms in total. The largest absolute Gasteiger partial charge is 0.480 e. The standard InChI is InChI=1S/C9H13NO2/c1-2-6-10-7-4-3-5-8(10)9(11)12/h1,8H,3-7H2,(H,11,12)/t8-/m1/s1. The molecule has 1 heterocycles. The topological polar surface area (TPSA) is 40.5 Å². The smallest absolute Gasteiger partial charge is 0.320 e. The molecule has 1 atom stereocenters. The summed E-state index contributed by atoms with van der Waals surface area (Å²) < 4.78 is 0. The molecule has 1 fully saturated rings. The Kier molecular flexibility index (Phi) is 3.12. The molecule has 0 bridgehead atoms. The summed E-state index contributed by atoms with van der Waals surface area (Å²) >= 11 is 0. The average Bonchev–Trinajstić information content (AvgIpc) is 2.05. The second-order valence-corrected chi connectivity index (χ2v) is 3.02. The molecule has 0 spiro atoms. The third kappa shape index (κ3) is 1.99. The predicted molar refractivity (Wildman–Crippen MR) is 45.7 cm³/mol. The predicted octanol–water partition coefficient (Wildman–Crippen LogP) is 0.559. The quantitative estimate of drug-likeness (QED) is 0.611. The molecule has 0 aromatic rings. The molecule has 1 aliphatic rings. The normalized spacial score (nSPS) is 24.8. The molecule has 0 saturated carbocycles. The molecule has 1 N–H and O–H groups in total. The molecule has 1 saturated heterocycles.